The molecule has 0 saturated heterocycles. The van der Waals surface area contributed by atoms with Gasteiger partial charge in [0.15, 0.2) is 0 Å². The van der Waals surface area contributed by atoms with Gasteiger partial charge in [-0.3, -0.25) is 4.90 Å². The third-order valence-corrected chi connectivity index (χ3v) is 7.05. The molecule has 0 bridgehead atoms. The minimum absolute atomic E-state index is 0.0349. The van der Waals surface area contributed by atoms with Gasteiger partial charge in [0.05, 0.1) is 10.6 Å². The Hall–Kier alpha value is -2.49. The van der Waals surface area contributed by atoms with Crippen LogP contribution in [0.1, 0.15) is 62.1 Å². The van der Waals surface area contributed by atoms with E-state index in [0.717, 1.165) is 36.1 Å². The predicted molar refractivity (Wildman–Crippen MR) is 134 cm³/mol. The van der Waals surface area contributed by atoms with Crippen LogP contribution in [-0.2, 0) is 16.5 Å². The van der Waals surface area contributed by atoms with Crippen molar-refractivity contribution in [2.75, 3.05) is 26.0 Å². The van der Waals surface area contributed by atoms with Crippen molar-refractivity contribution in [3.63, 3.8) is 0 Å². The molecule has 2 N–H and O–H groups in total. The molecule has 2 aromatic rings. The van der Waals surface area contributed by atoms with E-state index in [1.165, 1.54) is 11.8 Å². The number of carbonyl (C=O) groups is 1. The van der Waals surface area contributed by atoms with Crippen molar-refractivity contribution in [3.05, 3.63) is 53.1 Å². The zero-order valence-corrected chi connectivity index (χ0v) is 21.6. The highest BCUT2D eigenvalue weighted by Crippen LogP contribution is 2.48. The first-order chi connectivity index (χ1) is 15.9. The lowest BCUT2D eigenvalue weighted by Gasteiger charge is -2.25. The van der Waals surface area contributed by atoms with Gasteiger partial charge in [-0.2, -0.15) is 0 Å². The summed E-state index contributed by atoms with van der Waals surface area (Å²) in [5, 5.41) is 6.03. The molecule has 2 atom stereocenters. The Balaban J connectivity index is 1.98. The molecule has 0 aliphatic heterocycles. The largest absolute Gasteiger partial charge is 0.461 e. The van der Waals surface area contributed by atoms with Gasteiger partial charge in [0.1, 0.15) is 15.7 Å². The molecule has 3 rings (SSSR count). The number of urea groups is 1. The van der Waals surface area contributed by atoms with Crippen molar-refractivity contribution in [2.24, 2.45) is 9.50 Å². The second-order valence-corrected chi connectivity index (χ2v) is 11.2. The van der Waals surface area contributed by atoms with Crippen LogP contribution in [-0.4, -0.2) is 42.6 Å². The number of rotatable bonds is 8. The van der Waals surface area contributed by atoms with Crippen molar-refractivity contribution in [1.82, 2.24) is 4.90 Å². The number of ether oxygens (including phenoxy) is 1. The molecule has 186 valence electrons. The number of benzene rings is 2. The zero-order valence-electron chi connectivity index (χ0n) is 20.7. The summed E-state index contributed by atoms with van der Waals surface area (Å²) in [5.74, 6) is 0.725. The topological polar surface area (TPSA) is 88.2 Å². The summed E-state index contributed by atoms with van der Waals surface area (Å²) in [4.78, 5) is 16.9. The Kier molecular flexibility index (Phi) is 8.00. The van der Waals surface area contributed by atoms with Crippen molar-refractivity contribution in [2.45, 2.75) is 63.2 Å². The van der Waals surface area contributed by atoms with Crippen LogP contribution in [0.4, 0.5) is 14.9 Å². The van der Waals surface area contributed by atoms with Gasteiger partial charge in [-0.25, -0.2) is 18.5 Å². The molecule has 34 heavy (non-hydrogen) atoms. The highest BCUT2D eigenvalue weighted by Gasteiger charge is 2.32. The number of anilines is 1. The summed E-state index contributed by atoms with van der Waals surface area (Å²) in [6, 6.07) is 9.82. The number of amides is 2. The Labute approximate surface area is 202 Å². The minimum atomic E-state index is -3.44. The second kappa shape index (κ2) is 10.4. The van der Waals surface area contributed by atoms with Crippen molar-refractivity contribution in [3.8, 4) is 5.75 Å². The molecule has 2 aromatic carbocycles. The van der Waals surface area contributed by atoms with Crippen molar-refractivity contribution < 1.29 is 18.1 Å². The Morgan fingerprint density at radius 1 is 1.18 bits per heavy atom. The average Bonchev–Trinajstić information content (AvgIpc) is 3.57. The number of hydrogen-bond donors (Lipinski definition) is 1. The normalized spacial score (nSPS) is 16.3. The Bertz CT molecular complexity index is 1130. The van der Waals surface area contributed by atoms with E-state index in [4.69, 9.17) is 9.88 Å². The van der Waals surface area contributed by atoms with Crippen LogP contribution in [0.25, 0.3) is 0 Å². The van der Waals surface area contributed by atoms with Crippen LogP contribution < -0.4 is 14.8 Å². The van der Waals surface area contributed by atoms with E-state index in [1.54, 1.807) is 31.3 Å². The summed E-state index contributed by atoms with van der Waals surface area (Å²) in [5.41, 5.74) is 3.47. The van der Waals surface area contributed by atoms with Crippen molar-refractivity contribution >= 4 is 21.6 Å². The summed E-state index contributed by atoms with van der Waals surface area (Å²) in [7, 11) is 2.09. The lowest BCUT2D eigenvalue weighted by Crippen LogP contribution is -2.28. The number of nitrogens with two attached hydrogens (primary N) is 1. The monoisotopic (exact) mass is 490 g/mol. The highest BCUT2D eigenvalue weighted by molar-refractivity contribution is 7.91. The SMILES string of the molecule is CC(F)Oc1cc(C(C)C)c(N(C)C(=O)N=S(N)(=O)c2ccc(CN(C)C)cc2)c(C2CC2)c1. The number of nitrogens with zero attached hydrogens (tertiary/aromatic N) is 3. The maximum Gasteiger partial charge on any atom is 0.357 e. The standard InChI is InChI=1S/C25H35FN4O3S/c1-16(2)22-13-20(33-17(3)26)14-23(19-9-10-19)24(22)30(6)25(31)28-34(27,32)21-11-7-18(8-12-21)15-29(4)5/h7-8,11-14,16-17,19H,9-10,15H2,1-6H3,(H2,27,28,31,32). The van der Waals surface area contributed by atoms with Gasteiger partial charge < -0.3 is 9.64 Å². The average molecular weight is 491 g/mol. The van der Waals surface area contributed by atoms with E-state index < -0.39 is 22.3 Å². The fourth-order valence-electron chi connectivity index (χ4n) is 3.92. The van der Waals surface area contributed by atoms with E-state index in [2.05, 4.69) is 4.36 Å². The molecule has 1 aliphatic rings. The van der Waals surface area contributed by atoms with Crippen LogP contribution in [0.15, 0.2) is 45.7 Å². The van der Waals surface area contributed by atoms with E-state index in [9.17, 15) is 13.4 Å². The Morgan fingerprint density at radius 2 is 1.79 bits per heavy atom. The summed E-state index contributed by atoms with van der Waals surface area (Å²) in [6.07, 6.45) is 0.509. The van der Waals surface area contributed by atoms with Crippen LogP contribution in [0.2, 0.25) is 0 Å². The molecule has 1 fully saturated rings. The molecule has 2 amide bonds. The number of alkyl halides is 1. The van der Waals surface area contributed by atoms with Gasteiger partial charge in [0, 0.05) is 20.5 Å². The van der Waals surface area contributed by atoms with Gasteiger partial charge >= 0.3 is 6.03 Å². The smallest absolute Gasteiger partial charge is 0.357 e. The fraction of sp³-hybridized carbons (Fsp3) is 0.480. The number of carbonyl (C=O) groups excluding carboxylic acids is 1. The zero-order chi connectivity index (χ0) is 25.2. The maximum atomic E-state index is 13.5. The molecule has 0 aromatic heterocycles. The van der Waals surface area contributed by atoms with Crippen LogP contribution in [0.5, 0.6) is 5.75 Å². The predicted octanol–water partition coefficient (Wildman–Crippen LogP) is 5.40. The molecule has 0 spiro atoms. The second-order valence-electron chi connectivity index (χ2n) is 9.42. The first-order valence-electron chi connectivity index (χ1n) is 11.4. The molecule has 0 radical (unpaired) electrons. The third kappa shape index (κ3) is 6.34. The summed E-state index contributed by atoms with van der Waals surface area (Å²) in [6.45, 7) is 6.05. The minimum Gasteiger partial charge on any atom is -0.461 e. The van der Waals surface area contributed by atoms with Gasteiger partial charge in [-0.15, -0.1) is 4.36 Å². The van der Waals surface area contributed by atoms with Crippen LogP contribution in [0.3, 0.4) is 0 Å². The van der Waals surface area contributed by atoms with Crippen LogP contribution in [0, 0.1) is 0 Å². The van der Waals surface area contributed by atoms with E-state index in [1.807, 2.05) is 45.0 Å². The third-order valence-electron chi connectivity index (χ3n) is 5.68. The summed E-state index contributed by atoms with van der Waals surface area (Å²) >= 11 is 0. The van der Waals surface area contributed by atoms with Gasteiger partial charge in [-0.1, -0.05) is 26.0 Å². The lowest BCUT2D eigenvalue weighted by molar-refractivity contribution is 0.0858. The van der Waals surface area contributed by atoms with E-state index >= 15 is 0 Å². The van der Waals surface area contributed by atoms with Crippen LogP contribution >= 0.6 is 0 Å². The molecule has 1 saturated carbocycles. The maximum absolute atomic E-state index is 13.5. The first-order valence-corrected chi connectivity index (χ1v) is 13.0. The molecule has 0 heterocycles. The quantitative estimate of drug-likeness (QED) is 0.537. The van der Waals surface area contributed by atoms with E-state index in [-0.39, 0.29) is 11.8 Å². The molecule has 2 unspecified atom stereocenters. The summed E-state index contributed by atoms with van der Waals surface area (Å²) < 4.78 is 36.0. The van der Waals surface area contributed by atoms with Crippen molar-refractivity contribution in [1.29, 1.82) is 0 Å². The van der Waals surface area contributed by atoms with Gasteiger partial charge in [0.2, 0.25) is 6.36 Å². The molecule has 7 nitrogen and oxygen atoms in total. The molecule has 9 heteroatoms. The highest BCUT2D eigenvalue weighted by atomic mass is 32.2. The fourth-order valence-corrected chi connectivity index (χ4v) is 4.91. The molecular formula is C25H35FN4O3S. The van der Waals surface area contributed by atoms with Gasteiger partial charge in [-0.05, 0) is 79.7 Å². The first kappa shape index (κ1) is 26.1. The lowest BCUT2D eigenvalue weighted by atomic mass is 9.94. The molecule has 1 aliphatic carbocycles. The number of halogens is 1. The van der Waals surface area contributed by atoms with E-state index in [0.29, 0.717) is 16.3 Å². The Morgan fingerprint density at radius 3 is 2.29 bits per heavy atom. The van der Waals surface area contributed by atoms with Gasteiger partial charge in [0.25, 0.3) is 0 Å². The molecular weight excluding hydrogens is 455 g/mol. The number of hydrogen-bond acceptors (Lipinski definition) is 4.